The fourth-order valence-electron chi connectivity index (χ4n) is 2.46. The molecule has 2 aromatic rings. The van der Waals surface area contributed by atoms with Gasteiger partial charge in [0.05, 0.1) is 6.04 Å². The molecule has 0 radical (unpaired) electrons. The molecular formula is C15H15ClN2O. The van der Waals surface area contributed by atoms with Crippen LogP contribution in [0, 0.1) is 0 Å². The first-order chi connectivity index (χ1) is 9.24. The van der Waals surface area contributed by atoms with Crippen LogP contribution in [-0.4, -0.2) is 17.1 Å². The summed E-state index contributed by atoms with van der Waals surface area (Å²) in [6, 6.07) is 12.1. The number of nitrogens with zero attached hydrogens (tertiary/aromatic N) is 2. The van der Waals surface area contributed by atoms with Gasteiger partial charge in [-0.3, -0.25) is 9.82 Å². The number of hydroxylamine groups is 2. The molecule has 3 nitrogen and oxygen atoms in total. The number of hydrogen-bond donors (Lipinski definition) is 0. The first-order valence-corrected chi connectivity index (χ1v) is 6.67. The Kier molecular flexibility index (Phi) is 3.51. The summed E-state index contributed by atoms with van der Waals surface area (Å²) in [5.74, 6) is 0. The van der Waals surface area contributed by atoms with E-state index in [1.54, 1.807) is 6.20 Å². The van der Waals surface area contributed by atoms with Gasteiger partial charge in [0.25, 0.3) is 0 Å². The van der Waals surface area contributed by atoms with Gasteiger partial charge >= 0.3 is 0 Å². The fraction of sp³-hybridized carbons (Fsp3) is 0.267. The highest BCUT2D eigenvalue weighted by Gasteiger charge is 2.32. The molecule has 1 aromatic heterocycles. The maximum absolute atomic E-state index is 5.92. The van der Waals surface area contributed by atoms with Gasteiger partial charge in [-0.25, -0.2) is 0 Å². The van der Waals surface area contributed by atoms with Gasteiger partial charge in [0, 0.05) is 30.9 Å². The quantitative estimate of drug-likeness (QED) is 0.833. The van der Waals surface area contributed by atoms with E-state index in [0.29, 0.717) is 0 Å². The minimum absolute atomic E-state index is 0.0764. The predicted molar refractivity (Wildman–Crippen MR) is 74.6 cm³/mol. The Bertz CT molecular complexity index is 544. The third-order valence-electron chi connectivity index (χ3n) is 3.48. The maximum Gasteiger partial charge on any atom is 0.106 e. The number of benzene rings is 1. The van der Waals surface area contributed by atoms with Gasteiger partial charge in [0.15, 0.2) is 0 Å². The van der Waals surface area contributed by atoms with Crippen LogP contribution in [0.1, 0.15) is 29.7 Å². The molecule has 2 atom stereocenters. The molecular weight excluding hydrogens is 260 g/mol. The number of hydrogen-bond acceptors (Lipinski definition) is 3. The second-order valence-electron chi connectivity index (χ2n) is 4.73. The van der Waals surface area contributed by atoms with Crippen LogP contribution in [0.5, 0.6) is 0 Å². The maximum atomic E-state index is 5.92. The third kappa shape index (κ3) is 2.63. The largest absolute Gasteiger partial charge is 0.291 e. The summed E-state index contributed by atoms with van der Waals surface area (Å²) in [6.07, 6.45) is 4.68. The van der Waals surface area contributed by atoms with Crippen molar-refractivity contribution >= 4 is 11.6 Å². The van der Waals surface area contributed by atoms with Crippen LogP contribution in [0.25, 0.3) is 0 Å². The van der Waals surface area contributed by atoms with Crippen LogP contribution in [0.3, 0.4) is 0 Å². The highest BCUT2D eigenvalue weighted by atomic mass is 35.5. The first kappa shape index (κ1) is 12.6. The van der Waals surface area contributed by atoms with Crippen molar-refractivity contribution in [3.63, 3.8) is 0 Å². The summed E-state index contributed by atoms with van der Waals surface area (Å²) < 4.78 is 0. The monoisotopic (exact) mass is 274 g/mol. The molecule has 2 unspecified atom stereocenters. The average molecular weight is 275 g/mol. The summed E-state index contributed by atoms with van der Waals surface area (Å²) in [5, 5.41) is 2.66. The van der Waals surface area contributed by atoms with E-state index in [-0.39, 0.29) is 12.1 Å². The molecule has 0 aliphatic carbocycles. The van der Waals surface area contributed by atoms with Crippen molar-refractivity contribution in [1.82, 2.24) is 10.0 Å². The summed E-state index contributed by atoms with van der Waals surface area (Å²) in [7, 11) is 1.97. The van der Waals surface area contributed by atoms with E-state index < -0.39 is 0 Å². The van der Waals surface area contributed by atoms with Gasteiger partial charge in [-0.2, -0.15) is 5.06 Å². The highest BCUT2D eigenvalue weighted by Crippen LogP contribution is 2.40. The summed E-state index contributed by atoms with van der Waals surface area (Å²) in [6.45, 7) is 0. The molecule has 0 bridgehead atoms. The zero-order valence-corrected chi connectivity index (χ0v) is 11.4. The lowest BCUT2D eigenvalue weighted by Crippen LogP contribution is -2.16. The lowest BCUT2D eigenvalue weighted by atomic mass is 9.99. The lowest BCUT2D eigenvalue weighted by Gasteiger charge is -2.17. The zero-order chi connectivity index (χ0) is 13.2. The molecule has 1 fully saturated rings. The molecule has 2 heterocycles. The van der Waals surface area contributed by atoms with Crippen molar-refractivity contribution in [3.8, 4) is 0 Å². The normalized spacial score (nSPS) is 23.7. The highest BCUT2D eigenvalue weighted by molar-refractivity contribution is 6.30. The van der Waals surface area contributed by atoms with E-state index >= 15 is 0 Å². The number of halogens is 1. The standard InChI is InChI=1S/C15H15ClN2O/c1-18-14(12-3-2-8-17-10-12)9-15(19-18)11-4-6-13(16)7-5-11/h2-8,10,14-15H,9H2,1H3. The van der Waals surface area contributed by atoms with Gasteiger partial charge in [0.1, 0.15) is 6.10 Å². The van der Waals surface area contributed by atoms with Crippen molar-refractivity contribution in [2.45, 2.75) is 18.6 Å². The lowest BCUT2D eigenvalue weighted by molar-refractivity contribution is -0.146. The molecule has 0 saturated carbocycles. The van der Waals surface area contributed by atoms with E-state index in [4.69, 9.17) is 16.4 Å². The molecule has 3 rings (SSSR count). The molecule has 98 valence electrons. The van der Waals surface area contributed by atoms with E-state index in [2.05, 4.69) is 11.1 Å². The minimum atomic E-state index is 0.0764. The molecule has 1 aromatic carbocycles. The van der Waals surface area contributed by atoms with E-state index in [0.717, 1.165) is 17.0 Å². The average Bonchev–Trinajstić information content (AvgIpc) is 2.83. The molecule has 0 amide bonds. The van der Waals surface area contributed by atoms with E-state index in [1.165, 1.54) is 5.56 Å². The summed E-state index contributed by atoms with van der Waals surface area (Å²) in [5.41, 5.74) is 2.34. The first-order valence-electron chi connectivity index (χ1n) is 6.29. The SMILES string of the molecule is CN1OC(c2ccc(Cl)cc2)CC1c1cccnc1. The van der Waals surface area contributed by atoms with Crippen LogP contribution in [0.4, 0.5) is 0 Å². The van der Waals surface area contributed by atoms with Gasteiger partial charge < -0.3 is 0 Å². The Labute approximate surface area is 117 Å². The molecule has 1 aliphatic heterocycles. The molecule has 0 N–H and O–H groups in total. The van der Waals surface area contributed by atoms with Gasteiger partial charge in [-0.05, 0) is 29.3 Å². The van der Waals surface area contributed by atoms with E-state index in [1.807, 2.05) is 48.6 Å². The van der Waals surface area contributed by atoms with Gasteiger partial charge in [-0.1, -0.05) is 29.8 Å². The molecule has 1 aliphatic rings. The summed E-state index contributed by atoms with van der Waals surface area (Å²) in [4.78, 5) is 10.1. The Morgan fingerprint density at radius 2 is 2.00 bits per heavy atom. The van der Waals surface area contributed by atoms with Crippen molar-refractivity contribution in [1.29, 1.82) is 0 Å². The number of aromatic nitrogens is 1. The second kappa shape index (κ2) is 5.29. The molecule has 0 spiro atoms. The van der Waals surface area contributed by atoms with Crippen molar-refractivity contribution in [2.24, 2.45) is 0 Å². The zero-order valence-electron chi connectivity index (χ0n) is 10.7. The van der Waals surface area contributed by atoms with Crippen molar-refractivity contribution < 1.29 is 4.84 Å². The summed E-state index contributed by atoms with van der Waals surface area (Å²) >= 11 is 5.91. The Morgan fingerprint density at radius 1 is 1.21 bits per heavy atom. The second-order valence-corrected chi connectivity index (χ2v) is 5.17. The smallest absolute Gasteiger partial charge is 0.106 e. The van der Waals surface area contributed by atoms with Crippen LogP contribution in [-0.2, 0) is 4.84 Å². The predicted octanol–water partition coefficient (Wildman–Crippen LogP) is 3.78. The minimum Gasteiger partial charge on any atom is -0.291 e. The van der Waals surface area contributed by atoms with Gasteiger partial charge in [0.2, 0.25) is 0 Å². The topological polar surface area (TPSA) is 25.4 Å². The van der Waals surface area contributed by atoms with Crippen LogP contribution in [0.2, 0.25) is 5.02 Å². The van der Waals surface area contributed by atoms with Crippen LogP contribution < -0.4 is 0 Å². The third-order valence-corrected chi connectivity index (χ3v) is 3.73. The number of pyridine rings is 1. The number of rotatable bonds is 2. The van der Waals surface area contributed by atoms with E-state index in [9.17, 15) is 0 Å². The molecule has 4 heteroatoms. The fourth-order valence-corrected chi connectivity index (χ4v) is 2.59. The molecule has 1 saturated heterocycles. The molecule has 19 heavy (non-hydrogen) atoms. The van der Waals surface area contributed by atoms with Crippen molar-refractivity contribution in [3.05, 3.63) is 64.9 Å². The Balaban J connectivity index is 1.80. The van der Waals surface area contributed by atoms with Crippen molar-refractivity contribution in [2.75, 3.05) is 7.05 Å². The Hall–Kier alpha value is -1.42. The Morgan fingerprint density at radius 3 is 2.68 bits per heavy atom. The van der Waals surface area contributed by atoms with Crippen LogP contribution in [0.15, 0.2) is 48.8 Å². The van der Waals surface area contributed by atoms with Crippen LogP contribution >= 0.6 is 11.6 Å². The van der Waals surface area contributed by atoms with Gasteiger partial charge in [-0.15, -0.1) is 0 Å².